The van der Waals surface area contributed by atoms with Gasteiger partial charge in [0.2, 0.25) is 0 Å². The molecule has 144 valence electrons. The zero-order chi connectivity index (χ0) is 19.4. The summed E-state index contributed by atoms with van der Waals surface area (Å²) in [5, 5.41) is 0. The van der Waals surface area contributed by atoms with E-state index in [-0.39, 0.29) is 11.9 Å². The number of amides is 1. The Morgan fingerprint density at radius 3 is 2.48 bits per heavy atom. The summed E-state index contributed by atoms with van der Waals surface area (Å²) < 4.78 is 17.5. The molecule has 0 aliphatic carbocycles. The highest BCUT2D eigenvalue weighted by atomic mass is 79.9. The van der Waals surface area contributed by atoms with Gasteiger partial charge in [-0.1, -0.05) is 22.0 Å². The van der Waals surface area contributed by atoms with Crippen molar-refractivity contribution in [2.45, 2.75) is 31.9 Å². The Morgan fingerprint density at radius 1 is 1.11 bits per heavy atom. The predicted octanol–water partition coefficient (Wildman–Crippen LogP) is 4.60. The van der Waals surface area contributed by atoms with Gasteiger partial charge in [0.15, 0.2) is 17.6 Å². The van der Waals surface area contributed by atoms with E-state index in [4.69, 9.17) is 14.2 Å². The fourth-order valence-corrected chi connectivity index (χ4v) is 3.70. The van der Waals surface area contributed by atoms with Crippen molar-refractivity contribution in [2.75, 3.05) is 20.8 Å². The number of likely N-dealkylation sites (tertiary alicyclic amines) is 1. The summed E-state index contributed by atoms with van der Waals surface area (Å²) in [4.78, 5) is 14.9. The van der Waals surface area contributed by atoms with Crippen LogP contribution in [0, 0.1) is 0 Å². The molecule has 27 heavy (non-hydrogen) atoms. The van der Waals surface area contributed by atoms with E-state index in [1.54, 1.807) is 21.1 Å². The zero-order valence-corrected chi connectivity index (χ0v) is 17.4. The Bertz CT molecular complexity index is 793. The lowest BCUT2D eigenvalue weighted by Crippen LogP contribution is -2.40. The first-order valence-electron chi connectivity index (χ1n) is 8.98. The topological polar surface area (TPSA) is 48.0 Å². The molecule has 5 nitrogen and oxygen atoms in total. The van der Waals surface area contributed by atoms with Gasteiger partial charge in [0, 0.05) is 11.0 Å². The number of hydrogen-bond donors (Lipinski definition) is 0. The maximum Gasteiger partial charge on any atom is 0.263 e. The van der Waals surface area contributed by atoms with Gasteiger partial charge in [0.1, 0.15) is 5.75 Å². The predicted molar refractivity (Wildman–Crippen MR) is 107 cm³/mol. The van der Waals surface area contributed by atoms with Crippen molar-refractivity contribution in [3.05, 3.63) is 52.5 Å². The molecule has 0 radical (unpaired) electrons. The molecule has 1 aliphatic heterocycles. The average Bonchev–Trinajstić information content (AvgIpc) is 3.18. The van der Waals surface area contributed by atoms with Gasteiger partial charge in [-0.05, 0) is 61.7 Å². The molecule has 2 atom stereocenters. The Labute approximate surface area is 168 Å². The summed E-state index contributed by atoms with van der Waals surface area (Å²) in [5.74, 6) is 2.04. The average molecular weight is 434 g/mol. The number of ether oxygens (including phenoxy) is 3. The van der Waals surface area contributed by atoms with E-state index in [1.807, 2.05) is 47.4 Å². The van der Waals surface area contributed by atoms with Crippen molar-refractivity contribution in [2.24, 2.45) is 0 Å². The molecule has 0 N–H and O–H groups in total. The van der Waals surface area contributed by atoms with Crippen LogP contribution in [0.1, 0.15) is 31.4 Å². The molecule has 1 heterocycles. The van der Waals surface area contributed by atoms with Crippen molar-refractivity contribution in [3.63, 3.8) is 0 Å². The van der Waals surface area contributed by atoms with E-state index < -0.39 is 6.10 Å². The number of carbonyl (C=O) groups excluding carboxylic acids is 1. The molecule has 1 fully saturated rings. The van der Waals surface area contributed by atoms with Crippen LogP contribution in [-0.4, -0.2) is 37.7 Å². The highest BCUT2D eigenvalue weighted by Gasteiger charge is 2.33. The first-order chi connectivity index (χ1) is 13.0. The van der Waals surface area contributed by atoms with Gasteiger partial charge >= 0.3 is 0 Å². The van der Waals surface area contributed by atoms with Gasteiger partial charge < -0.3 is 19.1 Å². The highest BCUT2D eigenvalue weighted by Crippen LogP contribution is 2.37. The van der Waals surface area contributed by atoms with Gasteiger partial charge in [-0.3, -0.25) is 4.79 Å². The lowest BCUT2D eigenvalue weighted by Gasteiger charge is -2.28. The van der Waals surface area contributed by atoms with Crippen molar-refractivity contribution in [1.82, 2.24) is 4.90 Å². The van der Waals surface area contributed by atoms with Crippen molar-refractivity contribution in [3.8, 4) is 17.2 Å². The number of benzene rings is 2. The van der Waals surface area contributed by atoms with Crippen LogP contribution in [0.4, 0.5) is 0 Å². The Kier molecular flexibility index (Phi) is 6.26. The van der Waals surface area contributed by atoms with Crippen LogP contribution in [0.2, 0.25) is 0 Å². The second kappa shape index (κ2) is 8.65. The fraction of sp³-hybridized carbons (Fsp3) is 0.381. The third-order valence-corrected chi connectivity index (χ3v) is 5.33. The van der Waals surface area contributed by atoms with E-state index in [1.165, 1.54) is 0 Å². The number of carbonyl (C=O) groups is 1. The smallest absolute Gasteiger partial charge is 0.263 e. The molecule has 0 saturated carbocycles. The van der Waals surface area contributed by atoms with Crippen LogP contribution in [-0.2, 0) is 4.79 Å². The minimum atomic E-state index is -0.549. The third-order valence-electron chi connectivity index (χ3n) is 4.80. The lowest BCUT2D eigenvalue weighted by atomic mass is 10.0. The Balaban J connectivity index is 1.75. The van der Waals surface area contributed by atoms with Crippen LogP contribution in [0.25, 0.3) is 0 Å². The largest absolute Gasteiger partial charge is 0.493 e. The molecule has 0 spiro atoms. The van der Waals surface area contributed by atoms with Crippen LogP contribution >= 0.6 is 15.9 Å². The minimum absolute atomic E-state index is 0.00444. The molecule has 0 aromatic heterocycles. The van der Waals surface area contributed by atoms with Gasteiger partial charge in [0.05, 0.1) is 20.3 Å². The quantitative estimate of drug-likeness (QED) is 0.667. The normalized spacial score (nSPS) is 17.5. The van der Waals surface area contributed by atoms with Crippen molar-refractivity contribution in [1.29, 1.82) is 0 Å². The molecule has 2 aromatic rings. The molecule has 0 unspecified atom stereocenters. The summed E-state index contributed by atoms with van der Waals surface area (Å²) >= 11 is 3.40. The van der Waals surface area contributed by atoms with E-state index in [2.05, 4.69) is 15.9 Å². The highest BCUT2D eigenvalue weighted by molar-refractivity contribution is 9.10. The molecular weight excluding hydrogens is 410 g/mol. The summed E-state index contributed by atoms with van der Waals surface area (Å²) in [6.45, 7) is 2.53. The number of rotatable bonds is 6. The fourth-order valence-electron chi connectivity index (χ4n) is 3.44. The van der Waals surface area contributed by atoms with E-state index >= 15 is 0 Å². The first-order valence-corrected chi connectivity index (χ1v) is 9.77. The number of hydrogen-bond acceptors (Lipinski definition) is 4. The SMILES string of the molecule is COc1ccc([C@H]2CCCN2C(=O)[C@H](C)Oc2ccc(Br)cc2)cc1OC. The molecule has 3 rings (SSSR count). The summed E-state index contributed by atoms with van der Waals surface area (Å²) in [7, 11) is 3.23. The minimum Gasteiger partial charge on any atom is -0.493 e. The van der Waals surface area contributed by atoms with Gasteiger partial charge in [-0.15, -0.1) is 0 Å². The molecular formula is C21H24BrNO4. The maximum absolute atomic E-state index is 13.0. The molecule has 2 aromatic carbocycles. The van der Waals surface area contributed by atoms with Gasteiger partial charge in [-0.25, -0.2) is 0 Å². The number of nitrogens with zero attached hydrogens (tertiary/aromatic N) is 1. The van der Waals surface area contributed by atoms with E-state index in [9.17, 15) is 4.79 Å². The number of methoxy groups -OCH3 is 2. The Morgan fingerprint density at radius 2 is 1.81 bits per heavy atom. The van der Waals surface area contributed by atoms with E-state index in [0.717, 1.165) is 29.4 Å². The van der Waals surface area contributed by atoms with Crippen LogP contribution < -0.4 is 14.2 Å². The Hall–Kier alpha value is -2.21. The second-order valence-electron chi connectivity index (χ2n) is 6.52. The first kappa shape index (κ1) is 19.5. The number of halogens is 1. The summed E-state index contributed by atoms with van der Waals surface area (Å²) in [5.41, 5.74) is 1.05. The van der Waals surface area contributed by atoms with Crippen LogP contribution in [0.3, 0.4) is 0 Å². The second-order valence-corrected chi connectivity index (χ2v) is 7.43. The van der Waals surface area contributed by atoms with Gasteiger partial charge in [0.25, 0.3) is 5.91 Å². The monoisotopic (exact) mass is 433 g/mol. The standard InChI is InChI=1S/C21H24BrNO4/c1-14(27-17-9-7-16(22)8-10-17)21(24)23-12-4-5-18(23)15-6-11-19(25-2)20(13-15)26-3/h6-11,13-14,18H,4-5,12H2,1-3H3/t14-,18+/m0/s1. The molecule has 0 bridgehead atoms. The summed E-state index contributed by atoms with van der Waals surface area (Å²) in [6, 6.07) is 13.4. The lowest BCUT2D eigenvalue weighted by molar-refractivity contribution is -0.138. The van der Waals surface area contributed by atoms with Crippen molar-refractivity contribution < 1.29 is 19.0 Å². The molecule has 1 aliphatic rings. The van der Waals surface area contributed by atoms with E-state index in [0.29, 0.717) is 17.2 Å². The van der Waals surface area contributed by atoms with Gasteiger partial charge in [-0.2, -0.15) is 0 Å². The molecule has 1 saturated heterocycles. The maximum atomic E-state index is 13.0. The van der Waals surface area contributed by atoms with Crippen molar-refractivity contribution >= 4 is 21.8 Å². The zero-order valence-electron chi connectivity index (χ0n) is 15.8. The molecule has 1 amide bonds. The third kappa shape index (κ3) is 4.38. The van der Waals surface area contributed by atoms with Crippen LogP contribution in [0.15, 0.2) is 46.9 Å². The van der Waals surface area contributed by atoms with Crippen LogP contribution in [0.5, 0.6) is 17.2 Å². The summed E-state index contributed by atoms with van der Waals surface area (Å²) in [6.07, 6.45) is 1.34. The molecule has 6 heteroatoms.